The third kappa shape index (κ3) is 3.90. The molecular weight excluding hydrogens is 467 g/mol. The van der Waals surface area contributed by atoms with Gasteiger partial charge in [0.25, 0.3) is 11.8 Å². The van der Waals surface area contributed by atoms with Crippen molar-refractivity contribution in [3.8, 4) is 5.75 Å². The van der Waals surface area contributed by atoms with Crippen LogP contribution in [0.4, 0.5) is 10.1 Å². The van der Waals surface area contributed by atoms with Gasteiger partial charge in [-0.1, -0.05) is 12.1 Å². The van der Waals surface area contributed by atoms with Gasteiger partial charge < -0.3 is 14.9 Å². The number of carbonyl (C=O) groups excluding carboxylic acids is 3. The van der Waals surface area contributed by atoms with Crippen molar-refractivity contribution in [2.24, 2.45) is 5.73 Å². The molecule has 0 spiro atoms. The van der Waals surface area contributed by atoms with Crippen LogP contribution in [0.3, 0.4) is 0 Å². The fourth-order valence-electron chi connectivity index (χ4n) is 4.28. The van der Waals surface area contributed by atoms with Crippen LogP contribution in [0.25, 0.3) is 11.0 Å². The van der Waals surface area contributed by atoms with Gasteiger partial charge in [0.05, 0.1) is 17.0 Å². The molecule has 0 aliphatic carbocycles. The molecule has 2 N–H and O–H groups in total. The van der Waals surface area contributed by atoms with Crippen LogP contribution in [0.5, 0.6) is 5.75 Å². The Bertz CT molecular complexity index is 1590. The third-order valence-corrected chi connectivity index (χ3v) is 5.96. The number of nitrogens with zero attached hydrogens (tertiary/aromatic N) is 1. The summed E-state index contributed by atoms with van der Waals surface area (Å²) in [7, 11) is 0. The van der Waals surface area contributed by atoms with Crippen LogP contribution >= 0.6 is 0 Å². The monoisotopic (exact) mass is 486 g/mol. The van der Waals surface area contributed by atoms with E-state index in [1.54, 1.807) is 48.5 Å². The second kappa shape index (κ2) is 8.77. The molecule has 0 radical (unpaired) electrons. The first-order valence-electron chi connectivity index (χ1n) is 11.0. The fraction of sp³-hybridized carbons (Fsp3) is 0.111. The molecule has 5 rings (SSSR count). The second-order valence-corrected chi connectivity index (χ2v) is 8.32. The number of hydrogen-bond acceptors (Lipinski definition) is 6. The topological polar surface area (TPSA) is 120 Å². The molecule has 36 heavy (non-hydrogen) atoms. The lowest BCUT2D eigenvalue weighted by molar-refractivity contribution is -0.119. The van der Waals surface area contributed by atoms with Gasteiger partial charge in [0.15, 0.2) is 17.8 Å². The molecule has 0 saturated carbocycles. The predicted octanol–water partition coefficient (Wildman–Crippen LogP) is 3.75. The number of ketones is 1. The van der Waals surface area contributed by atoms with Crippen molar-refractivity contribution in [3.05, 3.63) is 105 Å². The highest BCUT2D eigenvalue weighted by molar-refractivity contribution is 6.11. The zero-order valence-corrected chi connectivity index (χ0v) is 19.0. The van der Waals surface area contributed by atoms with Gasteiger partial charge in [-0.05, 0) is 67.1 Å². The summed E-state index contributed by atoms with van der Waals surface area (Å²) in [5.74, 6) is -1.70. The number of hydrogen-bond donors (Lipinski definition) is 1. The summed E-state index contributed by atoms with van der Waals surface area (Å²) in [5, 5.41) is 0.0155. The number of nitrogens with two attached hydrogens (primary N) is 1. The summed E-state index contributed by atoms with van der Waals surface area (Å²) in [5.41, 5.74) is 6.20. The van der Waals surface area contributed by atoms with E-state index in [4.69, 9.17) is 14.9 Å². The van der Waals surface area contributed by atoms with Crippen LogP contribution in [0.2, 0.25) is 0 Å². The summed E-state index contributed by atoms with van der Waals surface area (Å²) in [6, 6.07) is 15.5. The van der Waals surface area contributed by atoms with E-state index < -0.39 is 29.1 Å². The maximum Gasteiger partial charge on any atom is 0.295 e. The second-order valence-electron chi connectivity index (χ2n) is 8.32. The Morgan fingerprint density at radius 3 is 2.36 bits per heavy atom. The Labute approximate surface area is 203 Å². The normalized spacial score (nSPS) is 14.7. The first-order valence-corrected chi connectivity index (χ1v) is 11.0. The van der Waals surface area contributed by atoms with Gasteiger partial charge in [-0.25, -0.2) is 4.39 Å². The number of halogens is 1. The lowest BCUT2D eigenvalue weighted by atomic mass is 9.98. The Morgan fingerprint density at radius 2 is 1.72 bits per heavy atom. The Morgan fingerprint density at radius 1 is 1.03 bits per heavy atom. The molecule has 1 aliphatic rings. The summed E-state index contributed by atoms with van der Waals surface area (Å²) in [6.45, 7) is 1.13. The summed E-state index contributed by atoms with van der Waals surface area (Å²) < 4.78 is 25.1. The van der Waals surface area contributed by atoms with Crippen molar-refractivity contribution in [1.82, 2.24) is 0 Å². The Balaban J connectivity index is 1.68. The lowest BCUT2D eigenvalue weighted by Crippen LogP contribution is -2.29. The highest BCUT2D eigenvalue weighted by Gasteiger charge is 2.43. The highest BCUT2D eigenvalue weighted by atomic mass is 19.1. The van der Waals surface area contributed by atoms with E-state index in [0.717, 1.165) is 12.1 Å². The summed E-state index contributed by atoms with van der Waals surface area (Å²) >= 11 is 0. The molecule has 2 amide bonds. The van der Waals surface area contributed by atoms with Gasteiger partial charge in [-0.15, -0.1) is 0 Å². The molecule has 0 bridgehead atoms. The lowest BCUT2D eigenvalue weighted by Gasteiger charge is -2.25. The van der Waals surface area contributed by atoms with E-state index in [1.165, 1.54) is 17.9 Å². The summed E-state index contributed by atoms with van der Waals surface area (Å²) in [6.07, 6.45) is 0. The zero-order chi connectivity index (χ0) is 25.6. The van der Waals surface area contributed by atoms with E-state index in [1.807, 2.05) is 0 Å². The van der Waals surface area contributed by atoms with Gasteiger partial charge in [-0.3, -0.25) is 24.1 Å². The minimum absolute atomic E-state index is 0.0155. The highest BCUT2D eigenvalue weighted by Crippen LogP contribution is 2.41. The molecule has 1 aromatic heterocycles. The number of rotatable bonds is 6. The number of Topliss-reactive ketones (excluding diaryl/α,β-unsaturated/α-hetero) is 1. The van der Waals surface area contributed by atoms with Crippen molar-refractivity contribution in [1.29, 1.82) is 0 Å². The molecule has 8 nitrogen and oxygen atoms in total. The SMILES string of the molecule is CC(=O)c1ccc(N2C(=O)c3oc4ccc(F)cc4c(=O)c3C2c2ccc(OCC(N)=O)cc2)cc1. The largest absolute Gasteiger partial charge is 0.484 e. The summed E-state index contributed by atoms with van der Waals surface area (Å²) in [4.78, 5) is 51.3. The smallest absolute Gasteiger partial charge is 0.295 e. The van der Waals surface area contributed by atoms with Crippen molar-refractivity contribution >= 4 is 34.3 Å². The Kier molecular flexibility index (Phi) is 5.60. The Hall–Kier alpha value is -4.79. The number of ether oxygens (including phenoxy) is 1. The molecular formula is C27H19FN2O6. The number of amides is 2. The number of primary amides is 1. The number of benzene rings is 3. The quantitative estimate of drug-likeness (QED) is 0.415. The molecule has 1 aliphatic heterocycles. The first-order chi connectivity index (χ1) is 17.2. The molecule has 0 fully saturated rings. The van der Waals surface area contributed by atoms with Crippen LogP contribution in [-0.4, -0.2) is 24.2 Å². The van der Waals surface area contributed by atoms with Gasteiger partial charge >= 0.3 is 0 Å². The van der Waals surface area contributed by atoms with Crippen molar-refractivity contribution in [2.45, 2.75) is 13.0 Å². The average Bonchev–Trinajstić information content (AvgIpc) is 3.16. The first kappa shape index (κ1) is 23.0. The fourth-order valence-corrected chi connectivity index (χ4v) is 4.28. The maximum atomic E-state index is 14.0. The van der Waals surface area contributed by atoms with Gasteiger partial charge in [0, 0.05) is 11.3 Å². The number of carbonyl (C=O) groups is 3. The minimum atomic E-state index is -0.898. The van der Waals surface area contributed by atoms with Gasteiger partial charge in [0.1, 0.15) is 17.1 Å². The van der Waals surface area contributed by atoms with E-state index in [2.05, 4.69) is 0 Å². The van der Waals surface area contributed by atoms with E-state index in [0.29, 0.717) is 22.6 Å². The van der Waals surface area contributed by atoms with Crippen LogP contribution < -0.4 is 20.8 Å². The van der Waals surface area contributed by atoms with Crippen molar-refractivity contribution in [2.75, 3.05) is 11.5 Å². The van der Waals surface area contributed by atoms with E-state index >= 15 is 0 Å². The molecule has 2 heterocycles. The third-order valence-electron chi connectivity index (χ3n) is 5.96. The van der Waals surface area contributed by atoms with Gasteiger partial charge in [-0.2, -0.15) is 0 Å². The maximum absolute atomic E-state index is 14.0. The van der Waals surface area contributed by atoms with Crippen molar-refractivity contribution in [3.63, 3.8) is 0 Å². The standard InChI is InChI=1S/C27H19FN2O6/c1-14(31)15-2-7-18(8-3-15)30-24(16-4-9-19(10-5-16)35-13-22(29)32)23-25(33)20-12-17(28)6-11-21(20)36-26(23)27(30)34/h2-12,24H,13H2,1H3,(H2,29,32). The molecule has 1 atom stereocenters. The van der Waals surface area contributed by atoms with E-state index in [9.17, 15) is 23.6 Å². The molecule has 3 aromatic carbocycles. The van der Waals surface area contributed by atoms with Gasteiger partial charge in [0.2, 0.25) is 5.76 Å². The zero-order valence-electron chi connectivity index (χ0n) is 19.0. The predicted molar refractivity (Wildman–Crippen MR) is 129 cm³/mol. The molecule has 4 aromatic rings. The molecule has 9 heteroatoms. The minimum Gasteiger partial charge on any atom is -0.484 e. The van der Waals surface area contributed by atoms with E-state index in [-0.39, 0.29) is 34.7 Å². The van der Waals surface area contributed by atoms with Crippen LogP contribution in [0.15, 0.2) is 75.9 Å². The molecule has 0 saturated heterocycles. The number of fused-ring (bicyclic) bond motifs is 2. The average molecular weight is 486 g/mol. The molecule has 1 unspecified atom stereocenters. The van der Waals surface area contributed by atoms with Crippen LogP contribution in [0.1, 0.15) is 45.0 Å². The molecule has 180 valence electrons. The van der Waals surface area contributed by atoms with Crippen molar-refractivity contribution < 1.29 is 27.9 Å². The number of anilines is 1. The van der Waals surface area contributed by atoms with Crippen LogP contribution in [0, 0.1) is 5.82 Å². The van der Waals surface area contributed by atoms with Crippen LogP contribution in [-0.2, 0) is 4.79 Å².